The third kappa shape index (κ3) is 3.01. The predicted octanol–water partition coefficient (Wildman–Crippen LogP) is 1.59. The standard InChI is InChI=1S/C12H14NO4P/c1-9(2)12(14)13(3)10-6-5-7-11(8-10)18(15,16)17-4/h5-8H,1,3H2,2,4H3/p+1. The Hall–Kier alpha value is -1.55. The molecule has 1 aromatic carbocycles. The van der Waals surface area contributed by atoms with Gasteiger partial charge in [0.2, 0.25) is 5.69 Å². The maximum absolute atomic E-state index is 11.7. The highest BCUT2D eigenvalue weighted by atomic mass is 31.2. The fourth-order valence-corrected chi connectivity index (χ4v) is 2.07. The summed E-state index contributed by atoms with van der Waals surface area (Å²) in [5.41, 5.74) is 0.723. The summed E-state index contributed by atoms with van der Waals surface area (Å²) in [5.74, 6) is -0.364. The molecule has 0 aromatic heterocycles. The molecule has 0 aliphatic rings. The van der Waals surface area contributed by atoms with Gasteiger partial charge in [-0.25, -0.2) is 4.79 Å². The number of hydrogen-bond donors (Lipinski definition) is 1. The number of carbonyl (C=O) groups excluding carboxylic acids is 1. The fourth-order valence-electron chi connectivity index (χ4n) is 1.29. The molecule has 18 heavy (non-hydrogen) atoms. The summed E-state index contributed by atoms with van der Waals surface area (Å²) >= 11 is 0. The Labute approximate surface area is 106 Å². The van der Waals surface area contributed by atoms with Gasteiger partial charge in [0, 0.05) is 19.2 Å². The molecule has 1 atom stereocenters. The van der Waals surface area contributed by atoms with Crippen molar-refractivity contribution in [2.45, 2.75) is 6.92 Å². The molecule has 0 radical (unpaired) electrons. The molecule has 0 aliphatic carbocycles. The topological polar surface area (TPSA) is 66.6 Å². The third-order valence-corrected chi connectivity index (χ3v) is 3.75. The molecular weight excluding hydrogens is 253 g/mol. The van der Waals surface area contributed by atoms with E-state index in [2.05, 4.69) is 17.8 Å². The molecule has 1 unspecified atom stereocenters. The van der Waals surface area contributed by atoms with Crippen LogP contribution >= 0.6 is 7.60 Å². The Morgan fingerprint density at radius 3 is 2.61 bits per heavy atom. The number of amides is 1. The van der Waals surface area contributed by atoms with Crippen molar-refractivity contribution in [3.63, 3.8) is 0 Å². The van der Waals surface area contributed by atoms with Gasteiger partial charge in [-0.05, 0) is 13.0 Å². The lowest BCUT2D eigenvalue weighted by Crippen LogP contribution is -2.16. The Morgan fingerprint density at radius 1 is 1.50 bits per heavy atom. The van der Waals surface area contributed by atoms with Crippen LogP contribution in [0.15, 0.2) is 36.4 Å². The Bertz CT molecular complexity index is 565. The molecule has 0 spiro atoms. The van der Waals surface area contributed by atoms with Gasteiger partial charge >= 0.3 is 13.5 Å². The van der Waals surface area contributed by atoms with Crippen LogP contribution in [0.4, 0.5) is 5.69 Å². The minimum Gasteiger partial charge on any atom is -0.321 e. The largest absolute Gasteiger partial charge is 0.419 e. The highest BCUT2D eigenvalue weighted by Gasteiger charge is 2.25. The van der Waals surface area contributed by atoms with Crippen LogP contribution in [0.25, 0.3) is 0 Å². The van der Waals surface area contributed by atoms with Gasteiger partial charge < -0.3 is 9.42 Å². The third-order valence-electron chi connectivity index (χ3n) is 2.33. The summed E-state index contributed by atoms with van der Waals surface area (Å²) in [6, 6.07) is 5.99. The Morgan fingerprint density at radius 2 is 2.11 bits per heavy atom. The molecule has 1 N–H and O–H groups in total. The molecule has 0 saturated carbocycles. The molecule has 1 amide bonds. The monoisotopic (exact) mass is 268 g/mol. The zero-order chi connectivity index (χ0) is 13.9. The van der Waals surface area contributed by atoms with Crippen molar-refractivity contribution in [2.24, 2.45) is 0 Å². The summed E-state index contributed by atoms with van der Waals surface area (Å²) < 4.78 is 17.3. The smallest absolute Gasteiger partial charge is 0.321 e. The maximum Gasteiger partial charge on any atom is 0.419 e. The number of rotatable bonds is 4. The molecular formula is C12H15NO4P+. The highest BCUT2D eigenvalue weighted by molar-refractivity contribution is 7.61. The van der Waals surface area contributed by atoms with Gasteiger partial charge in [-0.15, -0.1) is 4.58 Å². The second kappa shape index (κ2) is 5.40. The van der Waals surface area contributed by atoms with Crippen LogP contribution in [-0.2, 0) is 13.9 Å². The first-order chi connectivity index (χ1) is 8.29. The second-order valence-corrected chi connectivity index (χ2v) is 5.66. The van der Waals surface area contributed by atoms with Crippen molar-refractivity contribution >= 4 is 31.2 Å². The van der Waals surface area contributed by atoms with Gasteiger partial charge in [-0.3, -0.25) is 4.57 Å². The summed E-state index contributed by atoms with van der Waals surface area (Å²) in [7, 11) is -2.69. The summed E-state index contributed by atoms with van der Waals surface area (Å²) in [4.78, 5) is 21.2. The van der Waals surface area contributed by atoms with Crippen molar-refractivity contribution in [3.8, 4) is 0 Å². The van der Waals surface area contributed by atoms with E-state index in [9.17, 15) is 14.3 Å². The van der Waals surface area contributed by atoms with Crippen LogP contribution in [0.3, 0.4) is 0 Å². The molecule has 0 aliphatic heterocycles. The van der Waals surface area contributed by atoms with E-state index >= 15 is 0 Å². The first-order valence-corrected chi connectivity index (χ1v) is 6.67. The molecule has 0 saturated heterocycles. The second-order valence-electron chi connectivity index (χ2n) is 3.74. The number of hydrogen-bond acceptors (Lipinski definition) is 3. The first-order valence-electron chi connectivity index (χ1n) is 5.09. The molecule has 5 nitrogen and oxygen atoms in total. The van der Waals surface area contributed by atoms with E-state index in [1.54, 1.807) is 19.1 Å². The number of nitrogens with zero attached hydrogens (tertiary/aromatic N) is 1. The van der Waals surface area contributed by atoms with Crippen LogP contribution < -0.4 is 5.30 Å². The van der Waals surface area contributed by atoms with Gasteiger partial charge in [0.05, 0.1) is 10.9 Å². The maximum atomic E-state index is 11.7. The number of carbonyl (C=O) groups is 1. The molecule has 1 aromatic rings. The molecule has 0 heterocycles. The quantitative estimate of drug-likeness (QED) is 0.390. The van der Waals surface area contributed by atoms with Gasteiger partial charge in [0.25, 0.3) is 0 Å². The van der Waals surface area contributed by atoms with Gasteiger partial charge in [-0.2, -0.15) is 0 Å². The van der Waals surface area contributed by atoms with E-state index < -0.39 is 7.60 Å². The van der Waals surface area contributed by atoms with Gasteiger partial charge in [-0.1, -0.05) is 12.6 Å². The normalized spacial score (nSPS) is 13.7. The van der Waals surface area contributed by atoms with E-state index in [1.807, 2.05) is 0 Å². The minimum absolute atomic E-state index is 0.102. The summed E-state index contributed by atoms with van der Waals surface area (Å²) in [5, 5.41) is 0.102. The van der Waals surface area contributed by atoms with E-state index in [0.29, 0.717) is 11.3 Å². The highest BCUT2D eigenvalue weighted by Crippen LogP contribution is 2.39. The lowest BCUT2D eigenvalue weighted by Gasteiger charge is -2.08. The van der Waals surface area contributed by atoms with E-state index in [0.717, 1.165) is 11.7 Å². The zero-order valence-electron chi connectivity index (χ0n) is 10.3. The molecule has 6 heteroatoms. The van der Waals surface area contributed by atoms with Crippen LogP contribution in [0.1, 0.15) is 6.92 Å². The lowest BCUT2D eigenvalue weighted by atomic mass is 10.2. The van der Waals surface area contributed by atoms with Crippen LogP contribution in [0.5, 0.6) is 0 Å². The van der Waals surface area contributed by atoms with E-state index in [1.165, 1.54) is 12.1 Å². The lowest BCUT2D eigenvalue weighted by molar-refractivity contribution is -0.353. The van der Waals surface area contributed by atoms with Gasteiger partial charge in [0.1, 0.15) is 6.72 Å². The minimum atomic E-state index is -3.83. The SMILES string of the molecule is C=C(C)C(=O)[N+](=C)c1cccc(P(=O)(O)OC)c1. The number of benzene rings is 1. The van der Waals surface area contributed by atoms with Crippen LogP contribution in [-0.4, -0.2) is 29.2 Å². The van der Waals surface area contributed by atoms with Crippen molar-refractivity contribution in [1.29, 1.82) is 0 Å². The summed E-state index contributed by atoms with van der Waals surface area (Å²) in [6.07, 6.45) is 0. The average molecular weight is 268 g/mol. The molecule has 1 rings (SSSR count). The van der Waals surface area contributed by atoms with Crippen molar-refractivity contribution in [2.75, 3.05) is 7.11 Å². The zero-order valence-corrected chi connectivity index (χ0v) is 11.2. The van der Waals surface area contributed by atoms with E-state index in [-0.39, 0.29) is 11.2 Å². The van der Waals surface area contributed by atoms with Crippen molar-refractivity contribution in [3.05, 3.63) is 36.4 Å². The van der Waals surface area contributed by atoms with Crippen LogP contribution in [0.2, 0.25) is 0 Å². The molecule has 0 bridgehead atoms. The average Bonchev–Trinajstić information content (AvgIpc) is 2.37. The van der Waals surface area contributed by atoms with Gasteiger partial charge in [0.15, 0.2) is 0 Å². The van der Waals surface area contributed by atoms with Crippen LogP contribution in [0, 0.1) is 0 Å². The molecule has 96 valence electrons. The van der Waals surface area contributed by atoms with E-state index in [4.69, 9.17) is 0 Å². The Kier molecular flexibility index (Phi) is 4.35. The Balaban J connectivity index is 3.18. The first kappa shape index (κ1) is 14.5. The molecule has 0 fully saturated rings. The van der Waals surface area contributed by atoms with Crippen molar-refractivity contribution in [1.82, 2.24) is 0 Å². The summed E-state index contributed by atoms with van der Waals surface area (Å²) in [6.45, 7) is 8.68. The predicted molar refractivity (Wildman–Crippen MR) is 69.8 cm³/mol. The van der Waals surface area contributed by atoms with Crippen molar-refractivity contribution < 1.29 is 23.4 Å². The fraction of sp³-hybridized carbons (Fsp3) is 0.167.